The van der Waals surface area contributed by atoms with Crippen LogP contribution in [0.1, 0.15) is 26.3 Å². The van der Waals surface area contributed by atoms with Crippen LogP contribution in [0.15, 0.2) is 23.1 Å². The Morgan fingerprint density at radius 3 is 2.63 bits per heavy atom. The minimum Gasteiger partial charge on any atom is -0.396 e. The van der Waals surface area contributed by atoms with E-state index in [1.165, 1.54) is 11.8 Å². The summed E-state index contributed by atoms with van der Waals surface area (Å²) in [6, 6.07) is 5.39. The molecule has 0 radical (unpaired) electrons. The van der Waals surface area contributed by atoms with Crippen LogP contribution in [0.4, 0.5) is 4.39 Å². The number of hydrogen-bond acceptors (Lipinski definition) is 3. The Kier molecular flexibility index (Phi) is 7.42. The molecule has 0 spiro atoms. The summed E-state index contributed by atoms with van der Waals surface area (Å²) >= 11 is 1.46. The van der Waals surface area contributed by atoms with Crippen LogP contribution in [0, 0.1) is 17.7 Å². The zero-order valence-corrected chi connectivity index (χ0v) is 12.8. The van der Waals surface area contributed by atoms with Gasteiger partial charge in [-0.05, 0) is 36.1 Å². The molecule has 0 saturated heterocycles. The van der Waals surface area contributed by atoms with Gasteiger partial charge in [0.2, 0.25) is 0 Å². The molecule has 0 amide bonds. The Bertz CT molecular complexity index is 384. The first-order chi connectivity index (χ1) is 9.02. The summed E-state index contributed by atoms with van der Waals surface area (Å²) in [5.74, 6) is 1.36. The number of halogens is 1. The maximum atomic E-state index is 13.9. The molecule has 1 aromatic rings. The largest absolute Gasteiger partial charge is 0.396 e. The van der Waals surface area contributed by atoms with Gasteiger partial charge in [-0.2, -0.15) is 0 Å². The van der Waals surface area contributed by atoms with E-state index in [4.69, 9.17) is 5.11 Å². The first-order valence-electron chi connectivity index (χ1n) is 6.75. The van der Waals surface area contributed by atoms with Crippen LogP contribution in [0.3, 0.4) is 0 Å². The molecule has 0 fully saturated rings. The van der Waals surface area contributed by atoms with E-state index in [-0.39, 0.29) is 18.3 Å². The summed E-state index contributed by atoms with van der Waals surface area (Å²) in [5.41, 5.74) is 0.970. The maximum absolute atomic E-state index is 13.9. The Balaban J connectivity index is 2.49. The lowest BCUT2D eigenvalue weighted by Gasteiger charge is -2.10. The molecule has 0 saturated carbocycles. The van der Waals surface area contributed by atoms with Crippen LogP contribution in [0.2, 0.25) is 0 Å². The van der Waals surface area contributed by atoms with E-state index in [0.29, 0.717) is 17.4 Å². The van der Waals surface area contributed by atoms with Gasteiger partial charge >= 0.3 is 0 Å². The highest BCUT2D eigenvalue weighted by Gasteiger charge is 2.07. The molecule has 0 heterocycles. The van der Waals surface area contributed by atoms with E-state index < -0.39 is 0 Å². The summed E-state index contributed by atoms with van der Waals surface area (Å²) in [6.07, 6.45) is 0. The van der Waals surface area contributed by atoms with Crippen LogP contribution in [0.25, 0.3) is 0 Å². The minimum atomic E-state index is -0.168. The van der Waals surface area contributed by atoms with Crippen molar-refractivity contribution in [3.63, 3.8) is 0 Å². The molecule has 0 aliphatic heterocycles. The Hall–Kier alpha value is -0.580. The van der Waals surface area contributed by atoms with Crippen LogP contribution >= 0.6 is 11.8 Å². The molecule has 0 aliphatic carbocycles. The maximum Gasteiger partial charge on any atom is 0.137 e. The van der Waals surface area contributed by atoms with Gasteiger partial charge in [0, 0.05) is 23.8 Å². The second-order valence-electron chi connectivity index (χ2n) is 5.39. The zero-order valence-electron chi connectivity index (χ0n) is 11.9. The quantitative estimate of drug-likeness (QED) is 0.719. The average Bonchev–Trinajstić information content (AvgIpc) is 2.37. The molecule has 108 valence electrons. The Labute approximate surface area is 119 Å². The molecule has 0 bridgehead atoms. The van der Waals surface area contributed by atoms with Gasteiger partial charge in [-0.1, -0.05) is 26.8 Å². The van der Waals surface area contributed by atoms with Gasteiger partial charge in [0.15, 0.2) is 0 Å². The lowest BCUT2D eigenvalue weighted by molar-refractivity contribution is 0.250. The van der Waals surface area contributed by atoms with Crippen molar-refractivity contribution in [2.75, 3.05) is 18.9 Å². The number of aliphatic hydroxyl groups excluding tert-OH is 1. The number of aliphatic hydroxyl groups is 1. The van der Waals surface area contributed by atoms with E-state index in [9.17, 15) is 4.39 Å². The average molecular weight is 285 g/mol. The lowest BCUT2D eigenvalue weighted by Crippen LogP contribution is -2.19. The fraction of sp³-hybridized carbons (Fsp3) is 0.600. The summed E-state index contributed by atoms with van der Waals surface area (Å²) < 4.78 is 13.9. The summed E-state index contributed by atoms with van der Waals surface area (Å²) in [7, 11) is 0. The van der Waals surface area contributed by atoms with Crippen molar-refractivity contribution in [3.05, 3.63) is 29.6 Å². The van der Waals surface area contributed by atoms with E-state index in [1.807, 2.05) is 19.1 Å². The topological polar surface area (TPSA) is 32.3 Å². The number of thioether (sulfide) groups is 1. The van der Waals surface area contributed by atoms with E-state index >= 15 is 0 Å². The smallest absolute Gasteiger partial charge is 0.137 e. The number of rotatable bonds is 8. The number of nitrogens with one attached hydrogen (secondary N) is 1. The molecule has 2 nitrogen and oxygen atoms in total. The molecule has 0 aromatic heterocycles. The standard InChI is InChI=1S/C15H24FNOS/c1-11(2)7-17-8-13-4-5-15(14(16)6-13)19-10-12(3)9-18/h4-6,11-12,17-18H,7-10H2,1-3H3. The molecule has 1 unspecified atom stereocenters. The van der Waals surface area contributed by atoms with Gasteiger partial charge in [0.05, 0.1) is 0 Å². The van der Waals surface area contributed by atoms with Crippen LogP contribution in [-0.4, -0.2) is 24.0 Å². The monoisotopic (exact) mass is 285 g/mol. The second kappa shape index (κ2) is 8.56. The molecule has 0 aliphatic rings. The summed E-state index contributed by atoms with van der Waals surface area (Å²) in [5, 5.41) is 12.3. The third-order valence-corrected chi connectivity index (χ3v) is 4.09. The number of benzene rings is 1. The van der Waals surface area contributed by atoms with Gasteiger partial charge in [0.1, 0.15) is 5.82 Å². The normalized spacial score (nSPS) is 12.9. The molecule has 1 aromatic carbocycles. The molecule has 4 heteroatoms. The predicted molar refractivity (Wildman–Crippen MR) is 79.9 cm³/mol. The SMILES string of the molecule is CC(C)CNCc1ccc(SCC(C)CO)c(F)c1. The van der Waals surface area contributed by atoms with Crippen molar-refractivity contribution in [1.29, 1.82) is 0 Å². The molecular weight excluding hydrogens is 261 g/mol. The molecular formula is C15H24FNOS. The first-order valence-corrected chi connectivity index (χ1v) is 7.74. The lowest BCUT2D eigenvalue weighted by atomic mass is 10.2. The van der Waals surface area contributed by atoms with Crippen LogP contribution in [0.5, 0.6) is 0 Å². The van der Waals surface area contributed by atoms with Gasteiger partial charge in [-0.25, -0.2) is 4.39 Å². The van der Waals surface area contributed by atoms with Gasteiger partial charge in [-0.3, -0.25) is 0 Å². The van der Waals surface area contributed by atoms with Crippen LogP contribution in [-0.2, 0) is 6.54 Å². The Morgan fingerprint density at radius 1 is 1.32 bits per heavy atom. The van der Waals surface area contributed by atoms with Crippen molar-refractivity contribution in [1.82, 2.24) is 5.32 Å². The fourth-order valence-electron chi connectivity index (χ4n) is 1.56. The highest BCUT2D eigenvalue weighted by atomic mass is 32.2. The summed E-state index contributed by atoms with van der Waals surface area (Å²) in [4.78, 5) is 0.660. The zero-order chi connectivity index (χ0) is 14.3. The van der Waals surface area contributed by atoms with Crippen molar-refractivity contribution >= 4 is 11.8 Å². The molecule has 1 atom stereocenters. The van der Waals surface area contributed by atoms with Gasteiger partial charge in [0.25, 0.3) is 0 Å². The fourth-order valence-corrected chi connectivity index (χ4v) is 2.49. The molecule has 1 rings (SSSR count). The van der Waals surface area contributed by atoms with Gasteiger partial charge < -0.3 is 10.4 Å². The van der Waals surface area contributed by atoms with Crippen LogP contribution < -0.4 is 5.32 Å². The van der Waals surface area contributed by atoms with Crippen molar-refractivity contribution in [2.24, 2.45) is 11.8 Å². The van der Waals surface area contributed by atoms with Crippen molar-refractivity contribution < 1.29 is 9.50 Å². The second-order valence-corrected chi connectivity index (χ2v) is 6.45. The highest BCUT2D eigenvalue weighted by molar-refractivity contribution is 7.99. The van der Waals surface area contributed by atoms with E-state index in [0.717, 1.165) is 17.9 Å². The third-order valence-electron chi connectivity index (χ3n) is 2.71. The van der Waals surface area contributed by atoms with Gasteiger partial charge in [-0.15, -0.1) is 11.8 Å². The minimum absolute atomic E-state index is 0.145. The molecule has 2 N–H and O–H groups in total. The number of hydrogen-bond donors (Lipinski definition) is 2. The van der Waals surface area contributed by atoms with E-state index in [2.05, 4.69) is 19.2 Å². The Morgan fingerprint density at radius 2 is 2.05 bits per heavy atom. The first kappa shape index (κ1) is 16.5. The third kappa shape index (κ3) is 6.41. The molecule has 19 heavy (non-hydrogen) atoms. The predicted octanol–water partition coefficient (Wildman–Crippen LogP) is 3.29. The van der Waals surface area contributed by atoms with Crippen molar-refractivity contribution in [2.45, 2.75) is 32.2 Å². The summed E-state index contributed by atoms with van der Waals surface area (Å²) in [6.45, 7) is 8.03. The van der Waals surface area contributed by atoms with E-state index in [1.54, 1.807) is 6.07 Å². The highest BCUT2D eigenvalue weighted by Crippen LogP contribution is 2.24. The van der Waals surface area contributed by atoms with Crippen molar-refractivity contribution in [3.8, 4) is 0 Å².